The molecular formula is C13H27N3O2. The zero-order chi connectivity index (χ0) is 13.6. The van der Waals surface area contributed by atoms with Gasteiger partial charge in [-0.15, -0.1) is 0 Å². The maximum Gasteiger partial charge on any atom is 0.227 e. The van der Waals surface area contributed by atoms with E-state index in [1.165, 1.54) is 0 Å². The fourth-order valence-corrected chi connectivity index (χ4v) is 2.57. The second kappa shape index (κ2) is 7.07. The highest BCUT2D eigenvalue weighted by Gasteiger charge is 2.39. The molecular weight excluding hydrogens is 230 g/mol. The highest BCUT2D eigenvalue weighted by atomic mass is 16.5. The monoisotopic (exact) mass is 257 g/mol. The molecule has 1 rings (SSSR count). The van der Waals surface area contributed by atoms with Crippen molar-refractivity contribution in [2.24, 2.45) is 11.1 Å². The molecule has 5 nitrogen and oxygen atoms in total. The predicted octanol–water partition coefficient (Wildman–Crippen LogP) is 0.198. The Bertz CT molecular complexity index is 273. The predicted molar refractivity (Wildman–Crippen MR) is 72.3 cm³/mol. The van der Waals surface area contributed by atoms with Crippen LogP contribution in [0.25, 0.3) is 0 Å². The summed E-state index contributed by atoms with van der Waals surface area (Å²) in [6.07, 6.45) is 2.00. The van der Waals surface area contributed by atoms with Gasteiger partial charge in [-0.25, -0.2) is 0 Å². The number of likely N-dealkylation sites (tertiary alicyclic amines) is 1. The SMILES string of the molecule is CCOC(CN)CCN1CCC(C)(C(=O)NC)C1. The summed E-state index contributed by atoms with van der Waals surface area (Å²) in [5, 5.41) is 2.75. The number of amides is 1. The molecule has 5 heteroatoms. The van der Waals surface area contributed by atoms with E-state index < -0.39 is 0 Å². The minimum atomic E-state index is -0.238. The molecule has 106 valence electrons. The number of nitrogens with zero attached hydrogens (tertiary/aromatic N) is 1. The van der Waals surface area contributed by atoms with Gasteiger partial charge < -0.3 is 20.7 Å². The maximum atomic E-state index is 11.8. The van der Waals surface area contributed by atoms with Gasteiger partial charge in [-0.1, -0.05) is 0 Å². The van der Waals surface area contributed by atoms with Gasteiger partial charge in [0.15, 0.2) is 0 Å². The molecule has 0 radical (unpaired) electrons. The first kappa shape index (κ1) is 15.4. The molecule has 1 heterocycles. The molecule has 1 aliphatic heterocycles. The van der Waals surface area contributed by atoms with Crippen molar-refractivity contribution in [1.29, 1.82) is 0 Å². The van der Waals surface area contributed by atoms with Crippen molar-refractivity contribution in [1.82, 2.24) is 10.2 Å². The van der Waals surface area contributed by atoms with Crippen LogP contribution in [0.3, 0.4) is 0 Å². The summed E-state index contributed by atoms with van der Waals surface area (Å²) in [5.74, 6) is 0.144. The highest BCUT2D eigenvalue weighted by molar-refractivity contribution is 5.82. The lowest BCUT2D eigenvalue weighted by Gasteiger charge is -2.24. The van der Waals surface area contributed by atoms with Crippen molar-refractivity contribution in [3.63, 3.8) is 0 Å². The summed E-state index contributed by atoms with van der Waals surface area (Å²) < 4.78 is 5.54. The zero-order valence-electron chi connectivity index (χ0n) is 11.9. The van der Waals surface area contributed by atoms with E-state index in [-0.39, 0.29) is 17.4 Å². The minimum Gasteiger partial charge on any atom is -0.377 e. The van der Waals surface area contributed by atoms with E-state index in [2.05, 4.69) is 10.2 Å². The molecule has 0 aliphatic carbocycles. The summed E-state index contributed by atoms with van der Waals surface area (Å²) in [5.41, 5.74) is 5.42. The molecule has 0 saturated carbocycles. The Morgan fingerprint density at radius 3 is 2.89 bits per heavy atom. The van der Waals surface area contributed by atoms with E-state index in [0.717, 1.165) is 32.5 Å². The standard InChI is InChI=1S/C13H27N3O2/c1-4-18-11(9-14)5-7-16-8-6-13(2,10-16)12(17)15-3/h11H,4-10,14H2,1-3H3,(H,15,17). The molecule has 1 amide bonds. The number of hydrogen-bond donors (Lipinski definition) is 2. The van der Waals surface area contributed by atoms with Gasteiger partial charge in [0.05, 0.1) is 11.5 Å². The van der Waals surface area contributed by atoms with Crippen LogP contribution in [0.4, 0.5) is 0 Å². The number of rotatable bonds is 7. The number of nitrogens with two attached hydrogens (primary N) is 1. The molecule has 0 aromatic carbocycles. The molecule has 1 saturated heterocycles. The van der Waals surface area contributed by atoms with Crippen LogP contribution in [0.1, 0.15) is 26.7 Å². The third-order valence-corrected chi connectivity index (χ3v) is 3.76. The Morgan fingerprint density at radius 2 is 2.33 bits per heavy atom. The number of ether oxygens (including phenoxy) is 1. The Labute approximate surface area is 110 Å². The fraction of sp³-hybridized carbons (Fsp3) is 0.923. The maximum absolute atomic E-state index is 11.8. The Balaban J connectivity index is 2.36. The molecule has 18 heavy (non-hydrogen) atoms. The van der Waals surface area contributed by atoms with Crippen LogP contribution in [0, 0.1) is 5.41 Å². The van der Waals surface area contributed by atoms with Gasteiger partial charge in [-0.3, -0.25) is 4.79 Å². The van der Waals surface area contributed by atoms with Crippen LogP contribution in [0.5, 0.6) is 0 Å². The van der Waals surface area contributed by atoms with Crippen molar-refractivity contribution in [2.45, 2.75) is 32.8 Å². The lowest BCUT2D eigenvalue weighted by Crippen LogP contribution is -2.39. The molecule has 2 unspecified atom stereocenters. The largest absolute Gasteiger partial charge is 0.377 e. The lowest BCUT2D eigenvalue weighted by molar-refractivity contribution is -0.129. The van der Waals surface area contributed by atoms with Gasteiger partial charge in [-0.05, 0) is 33.2 Å². The zero-order valence-corrected chi connectivity index (χ0v) is 11.9. The first-order valence-corrected chi connectivity index (χ1v) is 6.82. The van der Waals surface area contributed by atoms with Gasteiger partial charge >= 0.3 is 0 Å². The molecule has 3 N–H and O–H groups in total. The molecule has 1 aliphatic rings. The van der Waals surface area contributed by atoms with E-state index in [1.807, 2.05) is 13.8 Å². The van der Waals surface area contributed by atoms with Crippen molar-refractivity contribution in [3.8, 4) is 0 Å². The number of carbonyl (C=O) groups excluding carboxylic acids is 1. The van der Waals surface area contributed by atoms with E-state index in [1.54, 1.807) is 7.05 Å². The molecule has 0 spiro atoms. The second-order valence-corrected chi connectivity index (χ2v) is 5.27. The van der Waals surface area contributed by atoms with Crippen molar-refractivity contribution < 1.29 is 9.53 Å². The lowest BCUT2D eigenvalue weighted by atomic mass is 9.89. The van der Waals surface area contributed by atoms with Crippen LogP contribution < -0.4 is 11.1 Å². The summed E-state index contributed by atoms with van der Waals surface area (Å²) in [6.45, 7) is 8.06. The van der Waals surface area contributed by atoms with E-state index in [9.17, 15) is 4.79 Å². The van der Waals surface area contributed by atoms with Crippen LogP contribution in [-0.4, -0.2) is 56.7 Å². The average molecular weight is 257 g/mol. The van der Waals surface area contributed by atoms with Gasteiger partial charge in [0.25, 0.3) is 0 Å². The van der Waals surface area contributed by atoms with Crippen molar-refractivity contribution >= 4 is 5.91 Å². The quantitative estimate of drug-likeness (QED) is 0.683. The Hall–Kier alpha value is -0.650. The van der Waals surface area contributed by atoms with E-state index in [4.69, 9.17) is 10.5 Å². The van der Waals surface area contributed by atoms with Gasteiger partial charge in [0.2, 0.25) is 5.91 Å². The summed E-state index contributed by atoms with van der Waals surface area (Å²) in [4.78, 5) is 14.1. The number of nitrogens with one attached hydrogen (secondary N) is 1. The van der Waals surface area contributed by atoms with Crippen LogP contribution in [-0.2, 0) is 9.53 Å². The minimum absolute atomic E-state index is 0.141. The first-order chi connectivity index (χ1) is 8.55. The second-order valence-electron chi connectivity index (χ2n) is 5.27. The van der Waals surface area contributed by atoms with Crippen molar-refractivity contribution in [2.75, 3.05) is 39.8 Å². The number of hydrogen-bond acceptors (Lipinski definition) is 4. The van der Waals surface area contributed by atoms with Gasteiger partial charge in [0.1, 0.15) is 0 Å². The Kier molecular flexibility index (Phi) is 6.05. The Morgan fingerprint density at radius 1 is 1.61 bits per heavy atom. The molecule has 1 fully saturated rings. The average Bonchev–Trinajstić information content (AvgIpc) is 2.76. The van der Waals surface area contributed by atoms with E-state index in [0.29, 0.717) is 13.2 Å². The number of carbonyl (C=O) groups is 1. The summed E-state index contributed by atoms with van der Waals surface area (Å²) in [7, 11) is 1.70. The topological polar surface area (TPSA) is 67.6 Å². The molecule has 0 aromatic heterocycles. The van der Waals surface area contributed by atoms with Gasteiger partial charge in [0, 0.05) is 33.3 Å². The van der Waals surface area contributed by atoms with E-state index >= 15 is 0 Å². The summed E-state index contributed by atoms with van der Waals surface area (Å²) in [6, 6.07) is 0. The van der Waals surface area contributed by atoms with Crippen LogP contribution in [0.2, 0.25) is 0 Å². The molecule has 2 atom stereocenters. The summed E-state index contributed by atoms with van der Waals surface area (Å²) >= 11 is 0. The third-order valence-electron chi connectivity index (χ3n) is 3.76. The van der Waals surface area contributed by atoms with Crippen LogP contribution in [0.15, 0.2) is 0 Å². The fourth-order valence-electron chi connectivity index (χ4n) is 2.57. The molecule has 0 aromatic rings. The smallest absolute Gasteiger partial charge is 0.227 e. The normalized spacial score (nSPS) is 26.2. The first-order valence-electron chi connectivity index (χ1n) is 6.82. The van der Waals surface area contributed by atoms with Crippen molar-refractivity contribution in [3.05, 3.63) is 0 Å². The third kappa shape index (κ3) is 3.93. The van der Waals surface area contributed by atoms with Gasteiger partial charge in [-0.2, -0.15) is 0 Å². The highest BCUT2D eigenvalue weighted by Crippen LogP contribution is 2.30. The van der Waals surface area contributed by atoms with Crippen LogP contribution >= 0.6 is 0 Å². The molecule has 0 bridgehead atoms.